The van der Waals surface area contributed by atoms with Crippen LogP contribution in [-0.2, 0) is 0 Å². The Kier molecular flexibility index (Phi) is 4.22. The Morgan fingerprint density at radius 2 is 2.11 bits per heavy atom. The summed E-state index contributed by atoms with van der Waals surface area (Å²) in [5.74, 6) is 0. The van der Waals surface area contributed by atoms with Gasteiger partial charge in [0.05, 0.1) is 0 Å². The van der Waals surface area contributed by atoms with Gasteiger partial charge in [-0.1, -0.05) is 0 Å². The van der Waals surface area contributed by atoms with Crippen LogP contribution in [0.25, 0.3) is 0 Å². The maximum atomic E-state index is 3.62. The van der Waals surface area contributed by atoms with Crippen LogP contribution in [0.15, 0.2) is 0 Å². The van der Waals surface area contributed by atoms with Crippen molar-refractivity contribution in [3.8, 4) is 0 Å². The highest BCUT2D eigenvalue weighted by molar-refractivity contribution is 4.90. The summed E-state index contributed by atoms with van der Waals surface area (Å²) in [7, 11) is 0. The number of piperazine rings is 1. The number of nitrogens with zero attached hydrogens (tertiary/aromatic N) is 2. The summed E-state index contributed by atoms with van der Waals surface area (Å²) in [6.07, 6.45) is 8.44. The van der Waals surface area contributed by atoms with Gasteiger partial charge >= 0.3 is 0 Å². The highest BCUT2D eigenvalue weighted by Gasteiger charge is 2.33. The Morgan fingerprint density at radius 1 is 1.17 bits per heavy atom. The highest BCUT2D eigenvalue weighted by Crippen LogP contribution is 2.24. The minimum Gasteiger partial charge on any atom is -0.314 e. The molecular weight excluding hydrogens is 222 g/mol. The molecule has 3 nitrogen and oxygen atoms in total. The zero-order chi connectivity index (χ0) is 12.4. The van der Waals surface area contributed by atoms with Crippen molar-refractivity contribution < 1.29 is 0 Å². The molecule has 0 radical (unpaired) electrons. The van der Waals surface area contributed by atoms with Crippen molar-refractivity contribution in [3.05, 3.63) is 0 Å². The third kappa shape index (κ3) is 2.89. The van der Waals surface area contributed by atoms with Crippen LogP contribution in [0.4, 0.5) is 0 Å². The van der Waals surface area contributed by atoms with Gasteiger partial charge in [0.25, 0.3) is 0 Å². The van der Waals surface area contributed by atoms with Crippen LogP contribution < -0.4 is 5.32 Å². The average molecular weight is 251 g/mol. The van der Waals surface area contributed by atoms with Gasteiger partial charge in [0.15, 0.2) is 0 Å². The van der Waals surface area contributed by atoms with E-state index in [0.717, 1.165) is 18.1 Å². The Bertz CT molecular complexity index is 262. The molecule has 3 rings (SSSR count). The SMILES string of the molecule is CC1CN2CCCC2CN1CCCC1CCCN1. The van der Waals surface area contributed by atoms with E-state index in [1.165, 1.54) is 71.2 Å². The van der Waals surface area contributed by atoms with Crippen molar-refractivity contribution in [2.75, 3.05) is 32.7 Å². The number of hydrogen-bond donors (Lipinski definition) is 1. The van der Waals surface area contributed by atoms with Crippen molar-refractivity contribution >= 4 is 0 Å². The van der Waals surface area contributed by atoms with E-state index in [1.54, 1.807) is 0 Å². The van der Waals surface area contributed by atoms with Crippen LogP contribution in [0, 0.1) is 0 Å². The van der Waals surface area contributed by atoms with Gasteiger partial charge < -0.3 is 5.32 Å². The normalized spacial score (nSPS) is 38.2. The van der Waals surface area contributed by atoms with Crippen LogP contribution >= 0.6 is 0 Å². The smallest absolute Gasteiger partial charge is 0.0224 e. The molecule has 104 valence electrons. The lowest BCUT2D eigenvalue weighted by molar-refractivity contribution is 0.0580. The molecule has 3 unspecified atom stereocenters. The topological polar surface area (TPSA) is 18.5 Å². The van der Waals surface area contributed by atoms with Gasteiger partial charge in [-0.2, -0.15) is 0 Å². The van der Waals surface area contributed by atoms with Crippen LogP contribution in [-0.4, -0.2) is 60.6 Å². The van der Waals surface area contributed by atoms with Crippen LogP contribution in [0.3, 0.4) is 0 Å². The fraction of sp³-hybridized carbons (Fsp3) is 1.00. The molecule has 0 amide bonds. The average Bonchev–Trinajstić information content (AvgIpc) is 3.00. The van der Waals surface area contributed by atoms with E-state index in [9.17, 15) is 0 Å². The Labute approximate surface area is 112 Å². The molecule has 3 saturated heterocycles. The van der Waals surface area contributed by atoms with Crippen LogP contribution in [0.2, 0.25) is 0 Å². The molecule has 0 aliphatic carbocycles. The molecule has 3 heteroatoms. The minimum atomic E-state index is 0.774. The summed E-state index contributed by atoms with van der Waals surface area (Å²) >= 11 is 0. The first kappa shape index (κ1) is 12.9. The predicted molar refractivity (Wildman–Crippen MR) is 75.9 cm³/mol. The van der Waals surface area contributed by atoms with E-state index in [1.807, 2.05) is 0 Å². The highest BCUT2D eigenvalue weighted by atomic mass is 15.3. The lowest BCUT2D eigenvalue weighted by Gasteiger charge is -2.42. The monoisotopic (exact) mass is 251 g/mol. The van der Waals surface area contributed by atoms with E-state index in [4.69, 9.17) is 0 Å². The van der Waals surface area contributed by atoms with Crippen molar-refractivity contribution in [2.24, 2.45) is 0 Å². The maximum absolute atomic E-state index is 3.62. The number of hydrogen-bond acceptors (Lipinski definition) is 3. The molecule has 0 saturated carbocycles. The van der Waals surface area contributed by atoms with Crippen LogP contribution in [0.5, 0.6) is 0 Å². The quantitative estimate of drug-likeness (QED) is 0.820. The summed E-state index contributed by atoms with van der Waals surface area (Å²) in [6, 6.07) is 2.48. The second-order valence-corrected chi connectivity index (χ2v) is 6.57. The van der Waals surface area contributed by atoms with Crippen molar-refractivity contribution in [3.63, 3.8) is 0 Å². The van der Waals surface area contributed by atoms with E-state index in [0.29, 0.717) is 0 Å². The molecule has 3 atom stereocenters. The van der Waals surface area contributed by atoms with E-state index >= 15 is 0 Å². The standard InChI is InChI=1S/C15H29N3/c1-13-11-18-10-4-7-15(18)12-17(13)9-3-6-14-5-2-8-16-14/h13-16H,2-12H2,1H3. The summed E-state index contributed by atoms with van der Waals surface area (Å²) in [4.78, 5) is 5.47. The van der Waals surface area contributed by atoms with E-state index in [2.05, 4.69) is 22.0 Å². The number of rotatable bonds is 4. The van der Waals surface area contributed by atoms with Gasteiger partial charge in [-0.05, 0) is 65.1 Å². The number of fused-ring (bicyclic) bond motifs is 1. The lowest BCUT2D eigenvalue weighted by Crippen LogP contribution is -2.55. The van der Waals surface area contributed by atoms with Crippen molar-refractivity contribution in [1.29, 1.82) is 0 Å². The molecule has 0 bridgehead atoms. The predicted octanol–water partition coefficient (Wildman–Crippen LogP) is 1.69. The van der Waals surface area contributed by atoms with Gasteiger partial charge in [0.2, 0.25) is 0 Å². The molecule has 1 N–H and O–H groups in total. The lowest BCUT2D eigenvalue weighted by atomic mass is 10.1. The first-order valence-corrected chi connectivity index (χ1v) is 8.04. The first-order chi connectivity index (χ1) is 8.83. The molecule has 3 aliphatic heterocycles. The fourth-order valence-electron chi connectivity index (χ4n) is 4.10. The second-order valence-electron chi connectivity index (χ2n) is 6.57. The maximum Gasteiger partial charge on any atom is 0.0224 e. The molecular formula is C15H29N3. The molecule has 0 aromatic rings. The molecule has 0 aromatic heterocycles. The molecule has 0 aromatic carbocycles. The summed E-state index contributed by atoms with van der Waals surface area (Å²) in [5.41, 5.74) is 0. The molecule has 18 heavy (non-hydrogen) atoms. The zero-order valence-electron chi connectivity index (χ0n) is 11.9. The van der Waals surface area contributed by atoms with Crippen LogP contribution in [0.1, 0.15) is 45.4 Å². The zero-order valence-corrected chi connectivity index (χ0v) is 11.9. The van der Waals surface area contributed by atoms with E-state index in [-0.39, 0.29) is 0 Å². The molecule has 3 fully saturated rings. The van der Waals surface area contributed by atoms with E-state index < -0.39 is 0 Å². The van der Waals surface area contributed by atoms with Gasteiger partial charge in [-0.3, -0.25) is 9.80 Å². The van der Waals surface area contributed by atoms with Gasteiger partial charge in [0.1, 0.15) is 0 Å². The Balaban J connectivity index is 1.41. The fourth-order valence-corrected chi connectivity index (χ4v) is 4.10. The third-order valence-electron chi connectivity index (χ3n) is 5.23. The second kappa shape index (κ2) is 5.89. The molecule has 0 spiro atoms. The largest absolute Gasteiger partial charge is 0.314 e. The van der Waals surface area contributed by atoms with Gasteiger partial charge in [-0.25, -0.2) is 0 Å². The summed E-state index contributed by atoms with van der Waals surface area (Å²) in [6.45, 7) is 8.99. The first-order valence-electron chi connectivity index (χ1n) is 8.04. The number of nitrogens with one attached hydrogen (secondary N) is 1. The minimum absolute atomic E-state index is 0.774. The van der Waals surface area contributed by atoms with Gasteiger partial charge in [0, 0.05) is 31.2 Å². The van der Waals surface area contributed by atoms with Gasteiger partial charge in [-0.15, -0.1) is 0 Å². The van der Waals surface area contributed by atoms with Crippen molar-refractivity contribution in [1.82, 2.24) is 15.1 Å². The summed E-state index contributed by atoms with van der Waals surface area (Å²) < 4.78 is 0. The Morgan fingerprint density at radius 3 is 2.94 bits per heavy atom. The molecule has 3 aliphatic rings. The molecule has 3 heterocycles. The van der Waals surface area contributed by atoms with Crippen molar-refractivity contribution in [2.45, 2.75) is 63.6 Å². The Hall–Kier alpha value is -0.120. The summed E-state index contributed by atoms with van der Waals surface area (Å²) in [5, 5.41) is 3.62. The third-order valence-corrected chi connectivity index (χ3v) is 5.23.